The zero-order chi connectivity index (χ0) is 17.6. The number of carboxylic acids is 1. The Morgan fingerprint density at radius 1 is 0.880 bits per heavy atom. The van der Waals surface area contributed by atoms with E-state index in [1.54, 1.807) is 12.1 Å². The highest BCUT2D eigenvalue weighted by molar-refractivity contribution is 6.13. The lowest BCUT2D eigenvalue weighted by atomic mass is 10.1. The molecule has 0 fully saturated rings. The number of nitrogens with one attached hydrogen (secondary N) is 1. The van der Waals surface area contributed by atoms with Gasteiger partial charge in [0.1, 0.15) is 5.52 Å². The molecule has 6 nitrogen and oxygen atoms in total. The Balaban J connectivity index is 2.11. The van der Waals surface area contributed by atoms with Crippen molar-refractivity contribution in [2.45, 2.75) is 6.92 Å². The molecule has 0 aliphatic rings. The summed E-state index contributed by atoms with van der Waals surface area (Å²) in [5.41, 5.74) is 2.94. The number of hydrogen-bond donors (Lipinski definition) is 2. The zero-order valence-electron chi connectivity index (χ0n) is 13.3. The second-order valence-corrected chi connectivity index (χ2v) is 5.72. The lowest BCUT2D eigenvalue weighted by molar-refractivity contribution is -0.114. The second kappa shape index (κ2) is 5.52. The fourth-order valence-corrected chi connectivity index (χ4v) is 2.99. The number of rotatable bonds is 2. The van der Waals surface area contributed by atoms with Crippen molar-refractivity contribution in [3.05, 3.63) is 54.1 Å². The summed E-state index contributed by atoms with van der Waals surface area (Å²) in [5, 5.41) is 13.8. The molecule has 122 valence electrons. The molecule has 4 rings (SSSR count). The van der Waals surface area contributed by atoms with Crippen molar-refractivity contribution in [2.75, 3.05) is 5.32 Å². The number of hydrogen-bond acceptors (Lipinski definition) is 4. The maximum absolute atomic E-state index is 11.5. The number of aromatic carboxylic acids is 1. The average Bonchev–Trinajstić information content (AvgIpc) is 2.59. The summed E-state index contributed by atoms with van der Waals surface area (Å²) in [7, 11) is 0. The van der Waals surface area contributed by atoms with Gasteiger partial charge in [-0.1, -0.05) is 18.2 Å². The largest absolute Gasteiger partial charge is 0.478 e. The minimum atomic E-state index is -1.04. The van der Waals surface area contributed by atoms with Gasteiger partial charge in [0, 0.05) is 23.4 Å². The molecule has 0 aliphatic carbocycles. The highest BCUT2D eigenvalue weighted by Gasteiger charge is 2.13. The third-order valence-corrected chi connectivity index (χ3v) is 4.03. The average molecular weight is 331 g/mol. The summed E-state index contributed by atoms with van der Waals surface area (Å²) in [6.45, 7) is 1.45. The van der Waals surface area contributed by atoms with Crippen LogP contribution in [0.1, 0.15) is 17.3 Å². The van der Waals surface area contributed by atoms with Crippen LogP contribution in [-0.2, 0) is 4.79 Å². The van der Waals surface area contributed by atoms with Crippen LogP contribution in [0.15, 0.2) is 48.5 Å². The Labute approximate surface area is 142 Å². The first kappa shape index (κ1) is 15.0. The molecule has 1 heterocycles. The van der Waals surface area contributed by atoms with E-state index < -0.39 is 5.97 Å². The number of carbonyl (C=O) groups excluding carboxylic acids is 1. The third kappa shape index (κ3) is 2.44. The lowest BCUT2D eigenvalue weighted by Gasteiger charge is -2.10. The van der Waals surface area contributed by atoms with Crippen molar-refractivity contribution in [1.82, 2.24) is 9.97 Å². The van der Waals surface area contributed by atoms with Crippen LogP contribution >= 0.6 is 0 Å². The van der Waals surface area contributed by atoms with E-state index in [0.717, 1.165) is 10.8 Å². The number of fused-ring (bicyclic) bond motifs is 4. The van der Waals surface area contributed by atoms with Gasteiger partial charge in [-0.15, -0.1) is 0 Å². The molecule has 3 aromatic carbocycles. The quantitative estimate of drug-likeness (QED) is 0.432. The fourth-order valence-electron chi connectivity index (χ4n) is 2.99. The number of para-hydroxylation sites is 1. The van der Waals surface area contributed by atoms with E-state index in [1.165, 1.54) is 13.0 Å². The van der Waals surface area contributed by atoms with Crippen molar-refractivity contribution in [3.8, 4) is 0 Å². The molecule has 1 aromatic heterocycles. The lowest BCUT2D eigenvalue weighted by Crippen LogP contribution is -2.06. The molecule has 2 N–H and O–H groups in total. The van der Waals surface area contributed by atoms with Gasteiger partial charge in [0.15, 0.2) is 0 Å². The van der Waals surface area contributed by atoms with Crippen molar-refractivity contribution in [3.63, 3.8) is 0 Å². The number of nitrogens with zero attached hydrogens (tertiary/aromatic N) is 2. The van der Waals surface area contributed by atoms with E-state index >= 15 is 0 Å². The van der Waals surface area contributed by atoms with Gasteiger partial charge in [-0.3, -0.25) is 4.79 Å². The maximum atomic E-state index is 11.5. The number of anilines is 1. The van der Waals surface area contributed by atoms with E-state index in [2.05, 4.69) is 15.3 Å². The number of carbonyl (C=O) groups is 2. The van der Waals surface area contributed by atoms with Crippen LogP contribution in [-0.4, -0.2) is 27.0 Å². The van der Waals surface area contributed by atoms with Crippen LogP contribution in [0.2, 0.25) is 0 Å². The summed E-state index contributed by atoms with van der Waals surface area (Å²) in [6.07, 6.45) is 0. The van der Waals surface area contributed by atoms with Gasteiger partial charge in [0.2, 0.25) is 5.91 Å². The van der Waals surface area contributed by atoms with Gasteiger partial charge in [0.05, 0.1) is 22.1 Å². The van der Waals surface area contributed by atoms with Gasteiger partial charge < -0.3 is 10.4 Å². The van der Waals surface area contributed by atoms with Gasteiger partial charge in [-0.2, -0.15) is 0 Å². The molecule has 0 spiro atoms. The number of amides is 1. The number of aromatic nitrogens is 2. The molecule has 0 saturated carbocycles. The number of carboxylic acid groups (broad SMARTS) is 1. The van der Waals surface area contributed by atoms with Crippen molar-refractivity contribution >= 4 is 50.4 Å². The minimum Gasteiger partial charge on any atom is -0.478 e. The van der Waals surface area contributed by atoms with Crippen LogP contribution in [0.4, 0.5) is 5.69 Å². The van der Waals surface area contributed by atoms with Crippen LogP contribution in [0, 0.1) is 0 Å². The van der Waals surface area contributed by atoms with Gasteiger partial charge in [0.25, 0.3) is 0 Å². The monoisotopic (exact) mass is 331 g/mol. The SMILES string of the molecule is CC(=O)Nc1cccc2c1ccc1nc3cccc(C(=O)O)c3nc12. The Morgan fingerprint density at radius 3 is 2.40 bits per heavy atom. The molecule has 0 radical (unpaired) electrons. The van der Waals surface area contributed by atoms with E-state index in [4.69, 9.17) is 0 Å². The molecule has 25 heavy (non-hydrogen) atoms. The minimum absolute atomic E-state index is 0.113. The van der Waals surface area contributed by atoms with Crippen molar-refractivity contribution in [2.24, 2.45) is 0 Å². The summed E-state index contributed by atoms with van der Waals surface area (Å²) in [4.78, 5) is 32.0. The predicted octanol–water partition coefficient (Wildman–Crippen LogP) is 3.59. The van der Waals surface area contributed by atoms with E-state index in [-0.39, 0.29) is 11.5 Å². The second-order valence-electron chi connectivity index (χ2n) is 5.72. The Bertz CT molecular complexity index is 1180. The standard InChI is InChI=1S/C19H13N3O3/c1-10(23)20-14-6-2-4-12-11(14)8-9-16-17(12)22-18-13(19(24)25)5-3-7-15(18)21-16/h2-9H,1H3,(H,20,23)(H,24,25). The molecule has 0 unspecified atom stereocenters. The number of benzene rings is 3. The molecule has 0 aliphatic heterocycles. The van der Waals surface area contributed by atoms with Gasteiger partial charge in [-0.25, -0.2) is 14.8 Å². The molecule has 0 atom stereocenters. The summed E-state index contributed by atoms with van der Waals surface area (Å²) >= 11 is 0. The van der Waals surface area contributed by atoms with Crippen LogP contribution in [0.5, 0.6) is 0 Å². The zero-order valence-corrected chi connectivity index (χ0v) is 13.3. The predicted molar refractivity (Wildman–Crippen MR) is 95.8 cm³/mol. The van der Waals surface area contributed by atoms with Gasteiger partial charge >= 0.3 is 5.97 Å². The first-order valence-corrected chi connectivity index (χ1v) is 7.67. The normalized spacial score (nSPS) is 11.1. The molecule has 0 saturated heterocycles. The summed E-state index contributed by atoms with van der Waals surface area (Å²) in [6, 6.07) is 14.1. The van der Waals surface area contributed by atoms with Crippen LogP contribution < -0.4 is 5.32 Å². The van der Waals surface area contributed by atoms with E-state index in [9.17, 15) is 14.7 Å². The Kier molecular flexibility index (Phi) is 3.32. The maximum Gasteiger partial charge on any atom is 0.337 e. The molecule has 0 bridgehead atoms. The molecule has 6 heteroatoms. The smallest absolute Gasteiger partial charge is 0.337 e. The summed E-state index contributed by atoms with van der Waals surface area (Å²) < 4.78 is 0. The molecule has 4 aromatic rings. The summed E-state index contributed by atoms with van der Waals surface area (Å²) in [5.74, 6) is -1.20. The van der Waals surface area contributed by atoms with Gasteiger partial charge in [-0.05, 0) is 30.3 Å². The molecular weight excluding hydrogens is 318 g/mol. The topological polar surface area (TPSA) is 92.2 Å². The van der Waals surface area contributed by atoms with E-state index in [0.29, 0.717) is 27.8 Å². The van der Waals surface area contributed by atoms with Crippen LogP contribution in [0.25, 0.3) is 32.8 Å². The first-order chi connectivity index (χ1) is 12.0. The van der Waals surface area contributed by atoms with E-state index in [1.807, 2.05) is 30.3 Å². The first-order valence-electron chi connectivity index (χ1n) is 7.67. The Morgan fingerprint density at radius 2 is 1.64 bits per heavy atom. The molecular formula is C19H13N3O3. The highest BCUT2D eigenvalue weighted by Crippen LogP contribution is 2.30. The molecule has 1 amide bonds. The third-order valence-electron chi connectivity index (χ3n) is 4.03. The van der Waals surface area contributed by atoms with Crippen LogP contribution in [0.3, 0.4) is 0 Å². The van der Waals surface area contributed by atoms with Crippen molar-refractivity contribution in [1.29, 1.82) is 0 Å². The fraction of sp³-hybridized carbons (Fsp3) is 0.0526. The Hall–Kier alpha value is -3.54. The highest BCUT2D eigenvalue weighted by atomic mass is 16.4. The van der Waals surface area contributed by atoms with Crippen molar-refractivity contribution < 1.29 is 14.7 Å².